The zero-order chi connectivity index (χ0) is 13.5. The minimum absolute atomic E-state index is 0.0122. The van der Waals surface area contributed by atoms with Gasteiger partial charge < -0.3 is 4.57 Å². The van der Waals surface area contributed by atoms with Crippen molar-refractivity contribution in [2.75, 3.05) is 0 Å². The SMILES string of the molecule is Cn1c(C(F)(F)F)nc(-c2cnc(Cl)nc2)c1Cl. The first kappa shape index (κ1) is 13.1. The van der Waals surface area contributed by atoms with Crippen molar-refractivity contribution < 1.29 is 13.2 Å². The lowest BCUT2D eigenvalue weighted by atomic mass is 10.3. The molecular weight excluding hydrogens is 292 g/mol. The second-order valence-electron chi connectivity index (χ2n) is 3.37. The summed E-state index contributed by atoms with van der Waals surface area (Å²) in [6.07, 6.45) is -2.07. The van der Waals surface area contributed by atoms with Crippen LogP contribution in [0, 0.1) is 0 Å². The molecule has 2 rings (SSSR count). The maximum atomic E-state index is 12.6. The smallest absolute Gasteiger partial charge is 0.314 e. The Labute approximate surface area is 109 Å². The van der Waals surface area contributed by atoms with Gasteiger partial charge in [0.05, 0.1) is 0 Å². The summed E-state index contributed by atoms with van der Waals surface area (Å²) in [5, 5.41) is -0.157. The van der Waals surface area contributed by atoms with Crippen LogP contribution in [-0.2, 0) is 13.2 Å². The zero-order valence-corrected chi connectivity index (χ0v) is 10.3. The largest absolute Gasteiger partial charge is 0.449 e. The summed E-state index contributed by atoms with van der Waals surface area (Å²) in [7, 11) is 1.18. The van der Waals surface area contributed by atoms with E-state index in [4.69, 9.17) is 23.2 Å². The van der Waals surface area contributed by atoms with Gasteiger partial charge in [-0.25, -0.2) is 15.0 Å². The van der Waals surface area contributed by atoms with Crippen molar-refractivity contribution in [2.45, 2.75) is 6.18 Å². The zero-order valence-electron chi connectivity index (χ0n) is 8.83. The molecule has 0 aliphatic heterocycles. The van der Waals surface area contributed by atoms with Gasteiger partial charge in [0, 0.05) is 25.0 Å². The Kier molecular flexibility index (Phi) is 3.20. The van der Waals surface area contributed by atoms with E-state index in [2.05, 4.69) is 15.0 Å². The molecule has 9 heteroatoms. The van der Waals surface area contributed by atoms with Crippen molar-refractivity contribution in [2.24, 2.45) is 7.05 Å². The van der Waals surface area contributed by atoms with E-state index in [1.165, 1.54) is 19.4 Å². The van der Waals surface area contributed by atoms with Crippen molar-refractivity contribution in [1.82, 2.24) is 19.5 Å². The topological polar surface area (TPSA) is 43.6 Å². The molecule has 0 amide bonds. The van der Waals surface area contributed by atoms with E-state index in [0.29, 0.717) is 0 Å². The van der Waals surface area contributed by atoms with Crippen molar-refractivity contribution in [3.8, 4) is 11.3 Å². The monoisotopic (exact) mass is 296 g/mol. The molecule has 0 bridgehead atoms. The maximum absolute atomic E-state index is 12.6. The number of rotatable bonds is 1. The molecule has 0 N–H and O–H groups in total. The molecule has 2 aromatic heterocycles. The highest BCUT2D eigenvalue weighted by molar-refractivity contribution is 6.32. The Morgan fingerprint density at radius 2 is 1.72 bits per heavy atom. The molecule has 0 spiro atoms. The molecule has 2 aromatic rings. The van der Waals surface area contributed by atoms with Crippen LogP contribution in [0.3, 0.4) is 0 Å². The molecule has 0 saturated carbocycles. The standard InChI is InChI=1S/C9H5Cl2F3N4/c1-18-6(10)5(17-7(18)9(12,13)14)4-2-15-8(11)16-3-4/h2-3H,1H3. The van der Waals surface area contributed by atoms with Gasteiger partial charge in [0.2, 0.25) is 11.1 Å². The number of aromatic nitrogens is 4. The third kappa shape index (κ3) is 2.28. The summed E-state index contributed by atoms with van der Waals surface area (Å²) in [5.74, 6) is -1.09. The van der Waals surface area contributed by atoms with Crippen LogP contribution in [0.2, 0.25) is 10.4 Å². The average Bonchev–Trinajstić information content (AvgIpc) is 2.57. The van der Waals surface area contributed by atoms with E-state index in [1.54, 1.807) is 0 Å². The first-order valence-corrected chi connectivity index (χ1v) is 5.33. The Morgan fingerprint density at radius 3 is 2.17 bits per heavy atom. The van der Waals surface area contributed by atoms with Crippen LogP contribution < -0.4 is 0 Å². The van der Waals surface area contributed by atoms with Crippen LogP contribution in [0.4, 0.5) is 13.2 Å². The Hall–Kier alpha value is -1.34. The van der Waals surface area contributed by atoms with Gasteiger partial charge in [0.15, 0.2) is 0 Å². The minimum atomic E-state index is -4.58. The molecule has 0 atom stereocenters. The highest BCUT2D eigenvalue weighted by Crippen LogP contribution is 2.34. The van der Waals surface area contributed by atoms with E-state index in [1.807, 2.05) is 0 Å². The number of alkyl halides is 3. The van der Waals surface area contributed by atoms with Crippen LogP contribution in [0.1, 0.15) is 5.82 Å². The molecule has 0 unspecified atom stereocenters. The van der Waals surface area contributed by atoms with Crippen LogP contribution in [0.25, 0.3) is 11.3 Å². The van der Waals surface area contributed by atoms with Crippen LogP contribution in [0.5, 0.6) is 0 Å². The summed E-state index contributed by atoms with van der Waals surface area (Å²) in [4.78, 5) is 10.8. The highest BCUT2D eigenvalue weighted by atomic mass is 35.5. The lowest BCUT2D eigenvalue weighted by Crippen LogP contribution is -2.12. The van der Waals surface area contributed by atoms with Gasteiger partial charge >= 0.3 is 6.18 Å². The fraction of sp³-hybridized carbons (Fsp3) is 0.222. The van der Waals surface area contributed by atoms with E-state index in [9.17, 15) is 13.2 Å². The van der Waals surface area contributed by atoms with Crippen LogP contribution in [-0.4, -0.2) is 19.5 Å². The molecule has 0 aliphatic rings. The molecule has 2 heterocycles. The molecule has 4 nitrogen and oxygen atoms in total. The fourth-order valence-electron chi connectivity index (χ4n) is 1.35. The summed E-state index contributed by atoms with van der Waals surface area (Å²) in [6, 6.07) is 0. The number of halogens is 5. The number of hydrogen-bond acceptors (Lipinski definition) is 3. The fourth-order valence-corrected chi connectivity index (χ4v) is 1.68. The van der Waals surface area contributed by atoms with Crippen LogP contribution >= 0.6 is 23.2 Å². The van der Waals surface area contributed by atoms with Crippen LogP contribution in [0.15, 0.2) is 12.4 Å². The molecule has 0 radical (unpaired) electrons. The molecule has 0 aromatic carbocycles. The quantitative estimate of drug-likeness (QED) is 0.759. The third-order valence-electron chi connectivity index (χ3n) is 2.17. The van der Waals surface area contributed by atoms with E-state index < -0.39 is 12.0 Å². The van der Waals surface area contributed by atoms with Gasteiger partial charge in [-0.15, -0.1) is 0 Å². The molecular formula is C9H5Cl2F3N4. The van der Waals surface area contributed by atoms with Crippen molar-refractivity contribution >= 4 is 23.2 Å². The first-order chi connectivity index (χ1) is 8.30. The van der Waals surface area contributed by atoms with Gasteiger partial charge in [0.1, 0.15) is 10.8 Å². The number of nitrogens with zero attached hydrogens (tertiary/aromatic N) is 4. The van der Waals surface area contributed by atoms with E-state index in [-0.39, 0.29) is 21.7 Å². The highest BCUT2D eigenvalue weighted by Gasteiger charge is 2.38. The molecule has 0 saturated heterocycles. The minimum Gasteiger partial charge on any atom is -0.314 e. The summed E-state index contributed by atoms with van der Waals surface area (Å²) >= 11 is 11.3. The second-order valence-corrected chi connectivity index (χ2v) is 4.07. The summed E-state index contributed by atoms with van der Waals surface area (Å²) in [6.45, 7) is 0. The second kappa shape index (κ2) is 4.40. The average molecular weight is 297 g/mol. The third-order valence-corrected chi connectivity index (χ3v) is 2.80. The maximum Gasteiger partial charge on any atom is 0.449 e. The van der Waals surface area contributed by atoms with Gasteiger partial charge in [-0.1, -0.05) is 11.6 Å². The van der Waals surface area contributed by atoms with Crippen molar-refractivity contribution in [3.63, 3.8) is 0 Å². The molecule has 0 aliphatic carbocycles. The van der Waals surface area contributed by atoms with E-state index >= 15 is 0 Å². The van der Waals surface area contributed by atoms with Gasteiger partial charge in [-0.3, -0.25) is 0 Å². The Morgan fingerprint density at radius 1 is 1.17 bits per heavy atom. The number of hydrogen-bond donors (Lipinski definition) is 0. The lowest BCUT2D eigenvalue weighted by Gasteiger charge is -2.04. The predicted octanol–water partition coefficient (Wildman–Crippen LogP) is 3.20. The number of imidazole rings is 1. The Bertz CT molecular complexity index is 577. The predicted molar refractivity (Wildman–Crippen MR) is 59.3 cm³/mol. The first-order valence-electron chi connectivity index (χ1n) is 4.58. The summed E-state index contributed by atoms with van der Waals surface area (Å²) in [5.41, 5.74) is 0.221. The van der Waals surface area contributed by atoms with Gasteiger partial charge in [-0.2, -0.15) is 13.2 Å². The molecule has 96 valence electrons. The molecule has 18 heavy (non-hydrogen) atoms. The summed E-state index contributed by atoms with van der Waals surface area (Å²) < 4.78 is 38.6. The van der Waals surface area contributed by atoms with Gasteiger partial charge in [0.25, 0.3) is 0 Å². The van der Waals surface area contributed by atoms with Crippen molar-refractivity contribution in [3.05, 3.63) is 28.7 Å². The molecule has 0 fully saturated rings. The van der Waals surface area contributed by atoms with E-state index in [0.717, 1.165) is 4.57 Å². The Balaban J connectivity index is 2.56. The van der Waals surface area contributed by atoms with Crippen molar-refractivity contribution in [1.29, 1.82) is 0 Å². The van der Waals surface area contributed by atoms with Gasteiger partial charge in [-0.05, 0) is 11.6 Å². The normalized spacial score (nSPS) is 11.9. The lowest BCUT2D eigenvalue weighted by molar-refractivity contribution is -0.146.